The number of nitrogens with zero attached hydrogens (tertiary/aromatic N) is 3. The first-order valence-corrected chi connectivity index (χ1v) is 6.67. The maximum Gasteiger partial charge on any atom is 0.112 e. The lowest BCUT2D eigenvalue weighted by Gasteiger charge is -2.38. The third-order valence-corrected chi connectivity index (χ3v) is 3.81. The van der Waals surface area contributed by atoms with Crippen molar-refractivity contribution in [1.29, 1.82) is 0 Å². The minimum absolute atomic E-state index is 0.647. The van der Waals surface area contributed by atoms with Crippen molar-refractivity contribution >= 4 is 16.7 Å². The first-order valence-electron chi connectivity index (χ1n) is 6.67. The molecule has 2 aromatic rings. The van der Waals surface area contributed by atoms with Crippen LogP contribution in [0.4, 0.5) is 5.69 Å². The van der Waals surface area contributed by atoms with Gasteiger partial charge in [-0.3, -0.25) is 4.90 Å². The van der Waals surface area contributed by atoms with E-state index < -0.39 is 0 Å². The predicted molar refractivity (Wildman–Crippen MR) is 75.0 cm³/mol. The molecule has 0 saturated carbocycles. The van der Waals surface area contributed by atoms with Gasteiger partial charge in [0.25, 0.3) is 0 Å². The molecule has 1 aromatic heterocycles. The van der Waals surface area contributed by atoms with Crippen LogP contribution in [0.5, 0.6) is 0 Å². The van der Waals surface area contributed by atoms with Gasteiger partial charge in [0.15, 0.2) is 0 Å². The zero-order chi connectivity index (χ0) is 12.5. The maximum absolute atomic E-state index is 4.44. The largest absolute Gasteiger partial charge is 0.367 e. The Morgan fingerprint density at radius 2 is 1.94 bits per heavy atom. The number of anilines is 1. The molecule has 0 radical (unpaired) electrons. The number of rotatable bonds is 2. The summed E-state index contributed by atoms with van der Waals surface area (Å²) in [5.74, 6) is 0. The number of aromatic nitrogens is 2. The second-order valence-electron chi connectivity index (χ2n) is 5.19. The highest BCUT2D eigenvalue weighted by atomic mass is 15.3. The average Bonchev–Trinajstić information content (AvgIpc) is 2.87. The number of benzene rings is 1. The molecule has 1 saturated heterocycles. The topological polar surface area (TPSA) is 35.2 Å². The molecule has 4 heteroatoms. The Kier molecular flexibility index (Phi) is 2.96. The van der Waals surface area contributed by atoms with Crippen LogP contribution < -0.4 is 4.90 Å². The summed E-state index contributed by atoms with van der Waals surface area (Å²) >= 11 is 0. The molecule has 1 fully saturated rings. The molecule has 0 unspecified atom stereocenters. The predicted octanol–water partition coefficient (Wildman–Crippen LogP) is 2.09. The van der Waals surface area contributed by atoms with Gasteiger partial charge in [0, 0.05) is 32.2 Å². The van der Waals surface area contributed by atoms with E-state index in [4.69, 9.17) is 0 Å². The van der Waals surface area contributed by atoms with Gasteiger partial charge in [-0.25, -0.2) is 4.98 Å². The third-order valence-electron chi connectivity index (χ3n) is 3.81. The summed E-state index contributed by atoms with van der Waals surface area (Å²) in [5, 5.41) is 0. The summed E-state index contributed by atoms with van der Waals surface area (Å²) in [6, 6.07) is 7.00. The van der Waals surface area contributed by atoms with Crippen molar-refractivity contribution < 1.29 is 0 Å². The number of piperazine rings is 1. The van der Waals surface area contributed by atoms with E-state index in [-0.39, 0.29) is 0 Å². The van der Waals surface area contributed by atoms with Gasteiger partial charge in [-0.15, -0.1) is 0 Å². The third kappa shape index (κ3) is 1.97. The summed E-state index contributed by atoms with van der Waals surface area (Å²) in [6.07, 6.45) is 1.78. The number of H-pyrrole nitrogens is 1. The molecule has 0 amide bonds. The zero-order valence-corrected chi connectivity index (χ0v) is 11.1. The molecule has 2 heterocycles. The number of para-hydroxylation sites is 1. The van der Waals surface area contributed by atoms with Gasteiger partial charge in [0.1, 0.15) is 5.52 Å². The standard InChI is InChI=1S/C14H20N4/c1-11(2)17-6-8-18(9-7-17)13-5-3-4-12-14(13)16-10-15-12/h3-5,10-11H,6-9H2,1-2H3,(H,15,16). The Balaban J connectivity index is 1.82. The van der Waals surface area contributed by atoms with Crippen LogP contribution >= 0.6 is 0 Å². The highest BCUT2D eigenvalue weighted by molar-refractivity contribution is 5.88. The van der Waals surface area contributed by atoms with Crippen molar-refractivity contribution in [2.75, 3.05) is 31.1 Å². The number of hydrogen-bond donors (Lipinski definition) is 1. The highest BCUT2D eigenvalue weighted by Gasteiger charge is 2.20. The van der Waals surface area contributed by atoms with Gasteiger partial charge in [0.05, 0.1) is 17.5 Å². The fourth-order valence-corrected chi connectivity index (χ4v) is 2.68. The van der Waals surface area contributed by atoms with Crippen LogP contribution in [-0.4, -0.2) is 47.1 Å². The molecule has 1 aliphatic rings. The second kappa shape index (κ2) is 4.61. The van der Waals surface area contributed by atoms with Crippen LogP contribution in [0, 0.1) is 0 Å². The van der Waals surface area contributed by atoms with Crippen LogP contribution in [0.25, 0.3) is 11.0 Å². The summed E-state index contributed by atoms with van der Waals surface area (Å²) < 4.78 is 0. The molecule has 1 N–H and O–H groups in total. The van der Waals surface area contributed by atoms with Gasteiger partial charge in [-0.05, 0) is 26.0 Å². The summed E-state index contributed by atoms with van der Waals surface area (Å²) in [4.78, 5) is 12.6. The average molecular weight is 244 g/mol. The molecule has 0 aliphatic carbocycles. The summed E-state index contributed by atoms with van der Waals surface area (Å²) in [7, 11) is 0. The molecule has 4 nitrogen and oxygen atoms in total. The molecule has 18 heavy (non-hydrogen) atoms. The van der Waals surface area contributed by atoms with E-state index in [1.54, 1.807) is 6.33 Å². The van der Waals surface area contributed by atoms with Crippen molar-refractivity contribution in [1.82, 2.24) is 14.9 Å². The second-order valence-corrected chi connectivity index (χ2v) is 5.19. The van der Waals surface area contributed by atoms with Crippen molar-refractivity contribution in [3.63, 3.8) is 0 Å². The van der Waals surface area contributed by atoms with E-state index >= 15 is 0 Å². The van der Waals surface area contributed by atoms with E-state index in [2.05, 4.69) is 51.8 Å². The first-order chi connectivity index (χ1) is 8.75. The Hall–Kier alpha value is -1.55. The van der Waals surface area contributed by atoms with Crippen LogP contribution in [-0.2, 0) is 0 Å². The Morgan fingerprint density at radius 3 is 2.67 bits per heavy atom. The van der Waals surface area contributed by atoms with Crippen molar-refractivity contribution in [3.05, 3.63) is 24.5 Å². The van der Waals surface area contributed by atoms with Crippen LogP contribution in [0.3, 0.4) is 0 Å². The number of imidazole rings is 1. The minimum Gasteiger partial charge on any atom is -0.367 e. The SMILES string of the molecule is CC(C)N1CCN(c2cccc3[nH]cnc23)CC1. The summed E-state index contributed by atoms with van der Waals surface area (Å²) in [5.41, 5.74) is 3.48. The number of aromatic amines is 1. The molecule has 0 bridgehead atoms. The van der Waals surface area contributed by atoms with Crippen LogP contribution in [0.1, 0.15) is 13.8 Å². The molecule has 1 aliphatic heterocycles. The number of fused-ring (bicyclic) bond motifs is 1. The fraction of sp³-hybridized carbons (Fsp3) is 0.500. The van der Waals surface area contributed by atoms with Crippen molar-refractivity contribution in [2.45, 2.75) is 19.9 Å². The maximum atomic E-state index is 4.44. The van der Waals surface area contributed by atoms with E-state index in [9.17, 15) is 0 Å². The smallest absolute Gasteiger partial charge is 0.112 e. The normalized spacial score (nSPS) is 17.8. The molecule has 0 spiro atoms. The lowest BCUT2D eigenvalue weighted by molar-refractivity contribution is 0.209. The number of nitrogens with one attached hydrogen (secondary N) is 1. The van der Waals surface area contributed by atoms with Gasteiger partial charge in [-0.1, -0.05) is 6.07 Å². The monoisotopic (exact) mass is 244 g/mol. The van der Waals surface area contributed by atoms with Crippen molar-refractivity contribution in [3.8, 4) is 0 Å². The van der Waals surface area contributed by atoms with Crippen LogP contribution in [0.2, 0.25) is 0 Å². The van der Waals surface area contributed by atoms with E-state index in [0.29, 0.717) is 6.04 Å². The van der Waals surface area contributed by atoms with Crippen molar-refractivity contribution in [2.24, 2.45) is 0 Å². The highest BCUT2D eigenvalue weighted by Crippen LogP contribution is 2.25. The zero-order valence-electron chi connectivity index (χ0n) is 11.1. The van der Waals surface area contributed by atoms with Crippen LogP contribution in [0.15, 0.2) is 24.5 Å². The van der Waals surface area contributed by atoms with Gasteiger partial charge >= 0.3 is 0 Å². The molecule has 3 rings (SSSR count). The van der Waals surface area contributed by atoms with E-state index in [1.165, 1.54) is 5.69 Å². The summed E-state index contributed by atoms with van der Waals surface area (Å²) in [6.45, 7) is 8.99. The molecule has 1 aromatic carbocycles. The Bertz CT molecular complexity index is 523. The van der Waals surface area contributed by atoms with E-state index in [1.807, 2.05) is 0 Å². The quantitative estimate of drug-likeness (QED) is 0.878. The van der Waals surface area contributed by atoms with Gasteiger partial charge in [-0.2, -0.15) is 0 Å². The number of hydrogen-bond acceptors (Lipinski definition) is 3. The molecule has 0 atom stereocenters. The molecule has 96 valence electrons. The van der Waals surface area contributed by atoms with E-state index in [0.717, 1.165) is 37.2 Å². The van der Waals surface area contributed by atoms with Gasteiger partial charge in [0.2, 0.25) is 0 Å². The minimum atomic E-state index is 0.647. The first kappa shape index (κ1) is 11.5. The Labute approximate surface area is 108 Å². The van der Waals surface area contributed by atoms with Gasteiger partial charge < -0.3 is 9.88 Å². The lowest BCUT2D eigenvalue weighted by atomic mass is 10.2. The molecular weight excluding hydrogens is 224 g/mol. The fourth-order valence-electron chi connectivity index (χ4n) is 2.68. The Morgan fingerprint density at radius 1 is 1.17 bits per heavy atom. The molecular formula is C14H20N4. The lowest BCUT2D eigenvalue weighted by Crippen LogP contribution is -2.48.